The van der Waals surface area contributed by atoms with Gasteiger partial charge >= 0.3 is 0 Å². The van der Waals surface area contributed by atoms with Gasteiger partial charge in [-0.15, -0.1) is 0 Å². The summed E-state index contributed by atoms with van der Waals surface area (Å²) in [7, 11) is 0. The van der Waals surface area contributed by atoms with Crippen LogP contribution < -0.4 is 10.2 Å². The highest BCUT2D eigenvalue weighted by Gasteiger charge is 2.27. The molecule has 126 valence electrons. The zero-order valence-corrected chi connectivity index (χ0v) is 13.8. The number of aromatic nitrogens is 3. The monoisotopic (exact) mass is 333 g/mol. The number of piperidine rings is 1. The number of anilines is 2. The molecule has 2 aromatic heterocycles. The minimum Gasteiger partial charge on any atom is -0.340 e. The lowest BCUT2D eigenvalue weighted by Gasteiger charge is -2.31. The molecule has 1 fully saturated rings. The molecule has 0 radical (unpaired) electrons. The third kappa shape index (κ3) is 3.42. The number of hydrogen-bond donors (Lipinski definition) is 1. The topological polar surface area (TPSA) is 71.0 Å². The summed E-state index contributed by atoms with van der Waals surface area (Å²) in [4.78, 5) is 27.7. The van der Waals surface area contributed by atoms with Crippen molar-refractivity contribution in [3.8, 4) is 0 Å². The Morgan fingerprint density at radius 1 is 1.08 bits per heavy atom. The molecule has 0 bridgehead atoms. The predicted octanol–water partition coefficient (Wildman–Crippen LogP) is 2.88. The highest BCUT2D eigenvalue weighted by molar-refractivity contribution is 5.95. The van der Waals surface area contributed by atoms with E-state index < -0.39 is 0 Å². The van der Waals surface area contributed by atoms with E-state index in [-0.39, 0.29) is 11.8 Å². The standard InChI is InChI=1S/C19H19N5O/c25-18(23-16-6-7-17-14(12-16)4-1-8-20-17)15-5-2-11-24(13-15)19-21-9-3-10-22-19/h1,3-4,6-10,12,15H,2,5,11,13H2,(H,23,25). The maximum Gasteiger partial charge on any atom is 0.229 e. The van der Waals surface area contributed by atoms with Crippen LogP contribution in [-0.4, -0.2) is 33.9 Å². The van der Waals surface area contributed by atoms with Gasteiger partial charge in [-0.2, -0.15) is 0 Å². The quantitative estimate of drug-likeness (QED) is 0.798. The van der Waals surface area contributed by atoms with Crippen molar-refractivity contribution in [2.75, 3.05) is 23.3 Å². The van der Waals surface area contributed by atoms with Gasteiger partial charge in [-0.1, -0.05) is 6.07 Å². The van der Waals surface area contributed by atoms with E-state index in [9.17, 15) is 4.79 Å². The third-order valence-electron chi connectivity index (χ3n) is 4.50. The number of nitrogens with zero attached hydrogens (tertiary/aromatic N) is 4. The fourth-order valence-electron chi connectivity index (χ4n) is 3.23. The van der Waals surface area contributed by atoms with Gasteiger partial charge in [0.2, 0.25) is 11.9 Å². The lowest BCUT2D eigenvalue weighted by Crippen LogP contribution is -2.41. The zero-order valence-electron chi connectivity index (χ0n) is 13.8. The molecule has 1 atom stereocenters. The van der Waals surface area contributed by atoms with Crippen LogP contribution >= 0.6 is 0 Å². The molecule has 3 aromatic rings. The number of nitrogens with one attached hydrogen (secondary N) is 1. The average Bonchev–Trinajstić information content (AvgIpc) is 2.69. The Kier molecular flexibility index (Phi) is 4.24. The summed E-state index contributed by atoms with van der Waals surface area (Å²) in [5.74, 6) is 0.669. The molecule has 0 saturated carbocycles. The van der Waals surface area contributed by atoms with Gasteiger partial charge in [-0.05, 0) is 43.2 Å². The maximum absolute atomic E-state index is 12.7. The van der Waals surface area contributed by atoms with Gasteiger partial charge in [0.25, 0.3) is 0 Å². The largest absolute Gasteiger partial charge is 0.340 e. The molecule has 6 heteroatoms. The number of carbonyl (C=O) groups excluding carboxylic acids is 1. The van der Waals surface area contributed by atoms with E-state index in [1.165, 1.54) is 0 Å². The van der Waals surface area contributed by atoms with Crippen LogP contribution in [0.5, 0.6) is 0 Å². The number of pyridine rings is 1. The lowest BCUT2D eigenvalue weighted by molar-refractivity contribution is -0.120. The van der Waals surface area contributed by atoms with Gasteiger partial charge in [-0.3, -0.25) is 9.78 Å². The van der Waals surface area contributed by atoms with Crippen molar-refractivity contribution < 1.29 is 4.79 Å². The summed E-state index contributed by atoms with van der Waals surface area (Å²) < 4.78 is 0. The molecule has 3 heterocycles. The Labute approximate surface area is 145 Å². The molecule has 4 rings (SSSR count). The Bertz CT molecular complexity index is 883. The van der Waals surface area contributed by atoms with E-state index in [0.717, 1.165) is 36.0 Å². The smallest absolute Gasteiger partial charge is 0.229 e. The van der Waals surface area contributed by atoms with Crippen molar-refractivity contribution in [2.24, 2.45) is 5.92 Å². The van der Waals surface area contributed by atoms with Crippen LogP contribution in [0.3, 0.4) is 0 Å². The first-order valence-electron chi connectivity index (χ1n) is 8.47. The first kappa shape index (κ1) is 15.5. The van der Waals surface area contributed by atoms with Crippen molar-refractivity contribution in [2.45, 2.75) is 12.8 Å². The van der Waals surface area contributed by atoms with E-state index in [4.69, 9.17) is 0 Å². The zero-order chi connectivity index (χ0) is 17.1. The molecule has 1 aliphatic heterocycles. The van der Waals surface area contributed by atoms with Gasteiger partial charge in [0, 0.05) is 42.8 Å². The molecule has 0 spiro atoms. The fraction of sp³-hybridized carbons (Fsp3) is 0.263. The third-order valence-corrected chi connectivity index (χ3v) is 4.50. The van der Waals surface area contributed by atoms with Gasteiger partial charge in [0.15, 0.2) is 0 Å². The van der Waals surface area contributed by atoms with Crippen LogP contribution in [0, 0.1) is 5.92 Å². The van der Waals surface area contributed by atoms with E-state index in [1.54, 1.807) is 24.7 Å². The fourth-order valence-corrected chi connectivity index (χ4v) is 3.23. The summed E-state index contributed by atoms with van der Waals surface area (Å²) in [6.07, 6.45) is 7.06. The van der Waals surface area contributed by atoms with Gasteiger partial charge in [0.05, 0.1) is 11.4 Å². The molecular formula is C19H19N5O. The molecule has 1 unspecified atom stereocenters. The lowest BCUT2D eigenvalue weighted by atomic mass is 9.97. The molecule has 6 nitrogen and oxygen atoms in total. The first-order valence-corrected chi connectivity index (χ1v) is 8.47. The summed E-state index contributed by atoms with van der Waals surface area (Å²) in [6.45, 7) is 1.53. The Hall–Kier alpha value is -3.02. The number of carbonyl (C=O) groups is 1. The molecule has 1 saturated heterocycles. The molecular weight excluding hydrogens is 314 g/mol. The van der Waals surface area contributed by atoms with E-state index in [0.29, 0.717) is 12.5 Å². The Balaban J connectivity index is 1.46. The van der Waals surface area contributed by atoms with Crippen molar-refractivity contribution in [3.63, 3.8) is 0 Å². The minimum absolute atomic E-state index is 0.0453. The highest BCUT2D eigenvalue weighted by Crippen LogP contribution is 2.23. The number of rotatable bonds is 3. The van der Waals surface area contributed by atoms with E-state index in [2.05, 4.69) is 25.2 Å². The van der Waals surface area contributed by atoms with Crippen molar-refractivity contribution in [3.05, 3.63) is 55.0 Å². The molecule has 1 N–H and O–H groups in total. The van der Waals surface area contributed by atoms with E-state index >= 15 is 0 Å². The van der Waals surface area contributed by atoms with Crippen LogP contribution in [0.15, 0.2) is 55.0 Å². The molecule has 25 heavy (non-hydrogen) atoms. The normalized spacial score (nSPS) is 17.4. The number of hydrogen-bond acceptors (Lipinski definition) is 5. The summed E-state index contributed by atoms with van der Waals surface area (Å²) in [6, 6.07) is 11.5. The maximum atomic E-state index is 12.7. The molecule has 1 amide bonds. The minimum atomic E-state index is -0.0675. The van der Waals surface area contributed by atoms with Gasteiger partial charge in [-0.25, -0.2) is 9.97 Å². The SMILES string of the molecule is O=C(Nc1ccc2ncccc2c1)C1CCCN(c2ncccn2)C1. The van der Waals surface area contributed by atoms with Crippen LogP contribution in [-0.2, 0) is 4.79 Å². The van der Waals surface area contributed by atoms with Crippen molar-refractivity contribution >= 4 is 28.4 Å². The van der Waals surface area contributed by atoms with Crippen LogP contribution in [0.2, 0.25) is 0 Å². The Morgan fingerprint density at radius 3 is 2.80 bits per heavy atom. The Morgan fingerprint density at radius 2 is 1.92 bits per heavy atom. The first-order chi connectivity index (χ1) is 12.3. The second-order valence-electron chi connectivity index (χ2n) is 6.23. The summed E-state index contributed by atoms with van der Waals surface area (Å²) in [5, 5.41) is 4.06. The van der Waals surface area contributed by atoms with Crippen molar-refractivity contribution in [1.82, 2.24) is 15.0 Å². The van der Waals surface area contributed by atoms with Gasteiger partial charge < -0.3 is 10.2 Å². The van der Waals surface area contributed by atoms with E-state index in [1.807, 2.05) is 30.3 Å². The van der Waals surface area contributed by atoms with Crippen LogP contribution in [0.4, 0.5) is 11.6 Å². The molecule has 1 aliphatic rings. The number of benzene rings is 1. The molecule has 1 aromatic carbocycles. The van der Waals surface area contributed by atoms with Crippen LogP contribution in [0.25, 0.3) is 10.9 Å². The van der Waals surface area contributed by atoms with Crippen molar-refractivity contribution in [1.29, 1.82) is 0 Å². The predicted molar refractivity (Wildman–Crippen MR) is 97.3 cm³/mol. The van der Waals surface area contributed by atoms with Gasteiger partial charge in [0.1, 0.15) is 0 Å². The number of amides is 1. The highest BCUT2D eigenvalue weighted by atomic mass is 16.1. The van der Waals surface area contributed by atoms with Crippen LogP contribution in [0.1, 0.15) is 12.8 Å². The second kappa shape index (κ2) is 6.84. The average molecular weight is 333 g/mol. The second-order valence-corrected chi connectivity index (χ2v) is 6.23. The summed E-state index contributed by atoms with van der Waals surface area (Å²) >= 11 is 0. The molecule has 0 aliphatic carbocycles. The number of fused-ring (bicyclic) bond motifs is 1. The summed E-state index contributed by atoms with van der Waals surface area (Å²) in [5.41, 5.74) is 1.73.